The smallest absolute Gasteiger partial charge is 0.222 e. The van der Waals surface area contributed by atoms with Crippen LogP contribution in [0.2, 0.25) is 5.02 Å². The Morgan fingerprint density at radius 2 is 2.28 bits per heavy atom. The van der Waals surface area contributed by atoms with Crippen LogP contribution in [-0.4, -0.2) is 30.5 Å². The fourth-order valence-corrected chi connectivity index (χ4v) is 4.20. The van der Waals surface area contributed by atoms with Crippen LogP contribution in [0, 0.1) is 11.8 Å². The molecule has 1 saturated heterocycles. The third-order valence-corrected chi connectivity index (χ3v) is 5.44. The molecule has 2 aromatic rings. The fraction of sp³-hybridized carbons (Fsp3) is 0.474. The van der Waals surface area contributed by atoms with Gasteiger partial charge in [0.15, 0.2) is 0 Å². The van der Waals surface area contributed by atoms with E-state index in [-0.39, 0.29) is 11.8 Å². The largest absolute Gasteiger partial charge is 0.371 e. The summed E-state index contributed by atoms with van der Waals surface area (Å²) in [5, 5.41) is 4.79. The Kier molecular flexibility index (Phi) is 5.85. The van der Waals surface area contributed by atoms with Gasteiger partial charge in [-0.1, -0.05) is 41.4 Å². The molecule has 134 valence electrons. The van der Waals surface area contributed by atoms with Gasteiger partial charge in [-0.25, -0.2) is 0 Å². The first kappa shape index (κ1) is 18.5. The lowest BCUT2D eigenvalue weighted by Crippen LogP contribution is -2.41. The molecular weight excluding hydrogens is 402 g/mol. The molecule has 0 spiro atoms. The first-order valence-corrected chi connectivity index (χ1v) is 9.89. The molecule has 6 heteroatoms. The Morgan fingerprint density at radius 3 is 3.04 bits per heavy atom. The highest BCUT2D eigenvalue weighted by atomic mass is 79.9. The number of nitrogens with zero attached hydrogens (tertiary/aromatic N) is 2. The van der Waals surface area contributed by atoms with Crippen molar-refractivity contribution >= 4 is 50.0 Å². The van der Waals surface area contributed by atoms with Crippen molar-refractivity contribution in [2.45, 2.75) is 26.7 Å². The van der Waals surface area contributed by atoms with Crippen LogP contribution in [0.1, 0.15) is 26.7 Å². The van der Waals surface area contributed by atoms with Crippen molar-refractivity contribution in [1.29, 1.82) is 0 Å². The van der Waals surface area contributed by atoms with Crippen LogP contribution in [0.4, 0.5) is 5.69 Å². The lowest BCUT2D eigenvalue weighted by molar-refractivity contribution is -0.124. The van der Waals surface area contributed by atoms with E-state index < -0.39 is 0 Å². The molecule has 1 amide bonds. The maximum Gasteiger partial charge on any atom is 0.222 e. The number of hydrogen-bond donors (Lipinski definition) is 1. The first-order chi connectivity index (χ1) is 12.0. The Hall–Kier alpha value is -1.33. The Bertz CT molecular complexity index is 781. The number of anilines is 1. The molecule has 4 nitrogen and oxygen atoms in total. The maximum absolute atomic E-state index is 11.8. The number of fused-ring (bicyclic) bond motifs is 1. The second-order valence-electron chi connectivity index (χ2n) is 6.97. The first-order valence-electron chi connectivity index (χ1n) is 8.72. The summed E-state index contributed by atoms with van der Waals surface area (Å²) in [4.78, 5) is 18.7. The van der Waals surface area contributed by atoms with E-state index in [4.69, 9.17) is 11.6 Å². The summed E-state index contributed by atoms with van der Waals surface area (Å²) in [5.41, 5.74) is 1.99. The number of piperidine rings is 1. The zero-order chi connectivity index (χ0) is 18.0. The molecule has 1 N–H and O–H groups in total. The van der Waals surface area contributed by atoms with Crippen LogP contribution >= 0.6 is 27.5 Å². The molecule has 25 heavy (non-hydrogen) atoms. The van der Waals surface area contributed by atoms with Crippen LogP contribution in [0.5, 0.6) is 0 Å². The summed E-state index contributed by atoms with van der Waals surface area (Å²) in [6, 6.07) is 6.01. The number of nitrogens with one attached hydrogen (secondary N) is 1. The van der Waals surface area contributed by atoms with Crippen molar-refractivity contribution in [3.63, 3.8) is 0 Å². The SMILES string of the molecule is CC(C)C(=O)NCC1CCCN(c2ccnc3c(Cl)cc(Br)cc23)C1. The fourth-order valence-electron chi connectivity index (χ4n) is 3.34. The minimum atomic E-state index is 0.0309. The second kappa shape index (κ2) is 7.92. The van der Waals surface area contributed by atoms with E-state index in [0.29, 0.717) is 10.9 Å². The topological polar surface area (TPSA) is 45.2 Å². The molecule has 1 unspecified atom stereocenters. The number of amides is 1. The molecule has 1 aliphatic heterocycles. The summed E-state index contributed by atoms with van der Waals surface area (Å²) in [6.07, 6.45) is 4.08. The minimum absolute atomic E-state index is 0.0309. The summed E-state index contributed by atoms with van der Waals surface area (Å²) in [6.45, 7) is 6.53. The van der Waals surface area contributed by atoms with Crippen molar-refractivity contribution in [3.8, 4) is 0 Å². The van der Waals surface area contributed by atoms with E-state index >= 15 is 0 Å². The van der Waals surface area contributed by atoms with Crippen LogP contribution in [0.15, 0.2) is 28.9 Å². The standard InChI is InChI=1S/C19H23BrClN3O/c1-12(2)19(25)23-10-13-4-3-7-24(11-13)17-5-6-22-18-15(17)8-14(20)9-16(18)21/h5-6,8-9,12-13H,3-4,7,10-11H2,1-2H3,(H,23,25). The monoisotopic (exact) mass is 423 g/mol. The number of benzene rings is 1. The van der Waals surface area contributed by atoms with Crippen molar-refractivity contribution in [2.75, 3.05) is 24.5 Å². The van der Waals surface area contributed by atoms with E-state index in [2.05, 4.69) is 43.3 Å². The quantitative estimate of drug-likeness (QED) is 0.777. The number of pyridine rings is 1. The highest BCUT2D eigenvalue weighted by Gasteiger charge is 2.23. The van der Waals surface area contributed by atoms with Crippen LogP contribution < -0.4 is 10.2 Å². The zero-order valence-electron chi connectivity index (χ0n) is 14.6. The van der Waals surface area contributed by atoms with Crippen molar-refractivity contribution in [3.05, 3.63) is 33.9 Å². The Balaban J connectivity index is 1.80. The number of carbonyl (C=O) groups excluding carboxylic acids is 1. The van der Waals surface area contributed by atoms with Gasteiger partial charge in [0.1, 0.15) is 0 Å². The van der Waals surface area contributed by atoms with Gasteiger partial charge < -0.3 is 10.2 Å². The minimum Gasteiger partial charge on any atom is -0.371 e. The number of hydrogen-bond acceptors (Lipinski definition) is 3. The van der Waals surface area contributed by atoms with Crippen molar-refractivity contribution in [2.24, 2.45) is 11.8 Å². The normalized spacial score (nSPS) is 18.0. The molecule has 1 aromatic heterocycles. The van der Waals surface area contributed by atoms with Gasteiger partial charge in [0.05, 0.1) is 10.5 Å². The zero-order valence-corrected chi connectivity index (χ0v) is 16.9. The highest BCUT2D eigenvalue weighted by Crippen LogP contribution is 2.34. The molecule has 1 fully saturated rings. The molecule has 1 aromatic carbocycles. The molecular formula is C19H23BrClN3O. The van der Waals surface area contributed by atoms with E-state index in [1.54, 1.807) is 0 Å². The van der Waals surface area contributed by atoms with E-state index in [1.807, 2.05) is 26.1 Å². The van der Waals surface area contributed by atoms with Crippen molar-refractivity contribution < 1.29 is 4.79 Å². The van der Waals surface area contributed by atoms with E-state index in [0.717, 1.165) is 53.5 Å². The third-order valence-electron chi connectivity index (χ3n) is 4.69. The lowest BCUT2D eigenvalue weighted by Gasteiger charge is -2.35. The van der Waals surface area contributed by atoms with E-state index in [9.17, 15) is 4.79 Å². The summed E-state index contributed by atoms with van der Waals surface area (Å²) in [5.74, 6) is 0.618. The number of rotatable bonds is 4. The van der Waals surface area contributed by atoms with Crippen LogP contribution in [0.25, 0.3) is 10.9 Å². The third kappa shape index (κ3) is 4.26. The summed E-state index contributed by atoms with van der Waals surface area (Å²) < 4.78 is 0.956. The number of aromatic nitrogens is 1. The number of halogens is 2. The second-order valence-corrected chi connectivity index (χ2v) is 8.29. The molecule has 0 saturated carbocycles. The highest BCUT2D eigenvalue weighted by molar-refractivity contribution is 9.10. The molecule has 0 aliphatic carbocycles. The molecule has 1 aliphatic rings. The number of carbonyl (C=O) groups is 1. The molecule has 0 bridgehead atoms. The van der Waals surface area contributed by atoms with Crippen molar-refractivity contribution in [1.82, 2.24) is 10.3 Å². The maximum atomic E-state index is 11.8. The Labute approximate surface area is 162 Å². The lowest BCUT2D eigenvalue weighted by atomic mass is 9.96. The van der Waals surface area contributed by atoms with Gasteiger partial charge in [-0.05, 0) is 37.0 Å². The van der Waals surface area contributed by atoms with Gasteiger partial charge >= 0.3 is 0 Å². The summed E-state index contributed by atoms with van der Waals surface area (Å²) in [7, 11) is 0. The predicted molar refractivity (Wildman–Crippen MR) is 107 cm³/mol. The average Bonchev–Trinajstić information content (AvgIpc) is 2.59. The van der Waals surface area contributed by atoms with Gasteiger partial charge in [0, 0.05) is 47.3 Å². The van der Waals surface area contributed by atoms with Gasteiger partial charge in [0.2, 0.25) is 5.91 Å². The van der Waals surface area contributed by atoms with Gasteiger partial charge in [0.25, 0.3) is 0 Å². The summed E-state index contributed by atoms with van der Waals surface area (Å²) >= 11 is 9.89. The molecule has 0 radical (unpaired) electrons. The van der Waals surface area contributed by atoms with Gasteiger partial charge in [-0.2, -0.15) is 0 Å². The van der Waals surface area contributed by atoms with Crippen LogP contribution in [0.3, 0.4) is 0 Å². The van der Waals surface area contributed by atoms with Crippen LogP contribution in [-0.2, 0) is 4.79 Å². The van der Waals surface area contributed by atoms with E-state index in [1.165, 1.54) is 0 Å². The van der Waals surface area contributed by atoms with Gasteiger partial charge in [-0.15, -0.1) is 0 Å². The molecule has 3 rings (SSSR count). The average molecular weight is 425 g/mol. The Morgan fingerprint density at radius 1 is 1.48 bits per heavy atom. The predicted octanol–water partition coefficient (Wildman–Crippen LogP) is 4.64. The molecule has 1 atom stereocenters. The molecule has 2 heterocycles. The van der Waals surface area contributed by atoms with Gasteiger partial charge in [-0.3, -0.25) is 9.78 Å².